The average Bonchev–Trinajstić information content (AvgIpc) is 2.42. The van der Waals surface area contributed by atoms with Gasteiger partial charge in [-0.05, 0) is 43.2 Å². The lowest BCUT2D eigenvalue weighted by Crippen LogP contribution is -2.13. The molecule has 3 N–H and O–H groups in total. The van der Waals surface area contributed by atoms with Gasteiger partial charge in [-0.3, -0.25) is 4.79 Å². The van der Waals surface area contributed by atoms with E-state index in [9.17, 15) is 9.18 Å². The van der Waals surface area contributed by atoms with Crippen LogP contribution in [0.5, 0.6) is 0 Å². The minimum absolute atomic E-state index is 0.296. The van der Waals surface area contributed by atoms with E-state index < -0.39 is 0 Å². The molecule has 0 aliphatic carbocycles. The molecular formula is C15H16FN3O. The molecule has 0 aliphatic rings. The highest BCUT2D eigenvalue weighted by atomic mass is 19.1. The number of nitrogens with zero attached hydrogens (tertiary/aromatic N) is 1. The van der Waals surface area contributed by atoms with Crippen molar-refractivity contribution in [2.24, 2.45) is 0 Å². The number of rotatable bonds is 3. The smallest absolute Gasteiger partial charge is 0.255 e. The number of carbonyl (C=O) groups excluding carboxylic acids is 1. The first-order valence-electron chi connectivity index (χ1n) is 6.33. The molecule has 1 aromatic heterocycles. The molecule has 0 bridgehead atoms. The lowest BCUT2D eigenvalue weighted by Gasteiger charge is -2.08. The largest absolute Gasteiger partial charge is 0.384 e. The third-order valence-electron chi connectivity index (χ3n) is 2.95. The number of aromatic nitrogens is 1. The van der Waals surface area contributed by atoms with E-state index in [1.54, 1.807) is 25.1 Å². The molecule has 1 aromatic carbocycles. The molecule has 104 valence electrons. The fourth-order valence-electron chi connectivity index (χ4n) is 1.80. The molecule has 0 saturated heterocycles. The first kappa shape index (κ1) is 14.0. The Morgan fingerprint density at radius 3 is 2.75 bits per heavy atom. The summed E-state index contributed by atoms with van der Waals surface area (Å²) < 4.78 is 13.4. The van der Waals surface area contributed by atoms with Gasteiger partial charge in [0.15, 0.2) is 0 Å². The van der Waals surface area contributed by atoms with E-state index >= 15 is 0 Å². The van der Waals surface area contributed by atoms with Gasteiger partial charge in [0.1, 0.15) is 11.6 Å². The fourth-order valence-corrected chi connectivity index (χ4v) is 1.80. The Hall–Kier alpha value is -2.43. The Morgan fingerprint density at radius 1 is 1.35 bits per heavy atom. The summed E-state index contributed by atoms with van der Waals surface area (Å²) in [7, 11) is 0. The van der Waals surface area contributed by atoms with E-state index in [-0.39, 0.29) is 11.7 Å². The zero-order valence-corrected chi connectivity index (χ0v) is 11.4. The average molecular weight is 273 g/mol. The lowest BCUT2D eigenvalue weighted by molar-refractivity contribution is 0.102. The van der Waals surface area contributed by atoms with Crippen LogP contribution < -0.4 is 11.1 Å². The minimum atomic E-state index is -0.355. The molecule has 5 heteroatoms. The predicted molar refractivity (Wildman–Crippen MR) is 77.1 cm³/mol. The van der Waals surface area contributed by atoms with E-state index in [1.165, 1.54) is 12.1 Å². The van der Waals surface area contributed by atoms with E-state index in [1.807, 2.05) is 6.92 Å². The van der Waals surface area contributed by atoms with Crippen molar-refractivity contribution in [2.45, 2.75) is 20.3 Å². The van der Waals surface area contributed by atoms with Crippen molar-refractivity contribution in [3.63, 3.8) is 0 Å². The molecule has 1 heterocycles. The first-order valence-corrected chi connectivity index (χ1v) is 6.33. The Morgan fingerprint density at radius 2 is 2.10 bits per heavy atom. The van der Waals surface area contributed by atoms with Crippen LogP contribution >= 0.6 is 0 Å². The van der Waals surface area contributed by atoms with Gasteiger partial charge in [0.2, 0.25) is 0 Å². The number of nitrogen functional groups attached to an aromatic ring is 1. The molecule has 4 nitrogen and oxygen atoms in total. The second kappa shape index (κ2) is 5.69. The van der Waals surface area contributed by atoms with Crippen molar-refractivity contribution >= 4 is 17.4 Å². The number of nitrogens with one attached hydrogen (secondary N) is 1. The van der Waals surface area contributed by atoms with Gasteiger partial charge in [0.25, 0.3) is 5.91 Å². The summed E-state index contributed by atoms with van der Waals surface area (Å²) in [5, 5.41) is 2.64. The van der Waals surface area contributed by atoms with Gasteiger partial charge in [0, 0.05) is 16.9 Å². The van der Waals surface area contributed by atoms with Crippen LogP contribution in [0.2, 0.25) is 0 Å². The summed E-state index contributed by atoms with van der Waals surface area (Å²) in [6, 6.07) is 7.73. The van der Waals surface area contributed by atoms with Gasteiger partial charge in [0.05, 0.1) is 0 Å². The normalized spacial score (nSPS) is 10.3. The van der Waals surface area contributed by atoms with E-state index in [0.29, 0.717) is 29.1 Å². The van der Waals surface area contributed by atoms with Crippen LogP contribution in [0.3, 0.4) is 0 Å². The van der Waals surface area contributed by atoms with Crippen LogP contribution in [0.25, 0.3) is 0 Å². The third-order valence-corrected chi connectivity index (χ3v) is 2.95. The van der Waals surface area contributed by atoms with E-state index in [0.717, 1.165) is 5.69 Å². The maximum Gasteiger partial charge on any atom is 0.255 e. The summed E-state index contributed by atoms with van der Waals surface area (Å²) in [6.07, 6.45) is 0.685. The Labute approximate surface area is 116 Å². The minimum Gasteiger partial charge on any atom is -0.384 e. The van der Waals surface area contributed by atoms with Crippen LogP contribution in [0, 0.1) is 12.7 Å². The van der Waals surface area contributed by atoms with Crippen LogP contribution in [0.15, 0.2) is 30.3 Å². The Balaban J connectivity index is 2.23. The molecule has 0 radical (unpaired) electrons. The Kier molecular flexibility index (Phi) is 3.98. The molecule has 0 aliphatic heterocycles. The fraction of sp³-hybridized carbons (Fsp3) is 0.200. The van der Waals surface area contributed by atoms with Gasteiger partial charge in [-0.1, -0.05) is 13.0 Å². The zero-order chi connectivity index (χ0) is 14.7. The molecule has 0 unspecified atom stereocenters. The molecule has 0 fully saturated rings. The van der Waals surface area contributed by atoms with Crippen molar-refractivity contribution in [1.29, 1.82) is 0 Å². The Bertz CT molecular complexity index is 656. The number of halogens is 1. The molecule has 20 heavy (non-hydrogen) atoms. The maximum atomic E-state index is 13.4. The highest BCUT2D eigenvalue weighted by Gasteiger charge is 2.10. The second-order valence-electron chi connectivity index (χ2n) is 4.54. The molecule has 0 saturated carbocycles. The quantitative estimate of drug-likeness (QED) is 0.903. The first-order chi connectivity index (χ1) is 9.49. The van der Waals surface area contributed by atoms with Crippen molar-refractivity contribution in [1.82, 2.24) is 4.98 Å². The van der Waals surface area contributed by atoms with Crippen molar-refractivity contribution in [3.05, 3.63) is 53.0 Å². The van der Waals surface area contributed by atoms with Crippen molar-refractivity contribution in [3.8, 4) is 0 Å². The van der Waals surface area contributed by atoms with Gasteiger partial charge in [-0.2, -0.15) is 0 Å². The predicted octanol–water partition coefficient (Wildman–Crippen LogP) is 2.93. The molecule has 0 spiro atoms. The number of aryl methyl sites for hydroxylation is 2. The maximum absolute atomic E-state index is 13.4. The molecule has 1 amide bonds. The summed E-state index contributed by atoms with van der Waals surface area (Å²) in [4.78, 5) is 16.2. The SMILES string of the molecule is CCc1cc(C(=O)Nc2ccc(C)c(F)c2)cc(N)n1. The number of anilines is 2. The van der Waals surface area contributed by atoms with Crippen LogP contribution in [-0.2, 0) is 6.42 Å². The highest BCUT2D eigenvalue weighted by molar-refractivity contribution is 6.04. The lowest BCUT2D eigenvalue weighted by atomic mass is 10.1. The highest BCUT2D eigenvalue weighted by Crippen LogP contribution is 2.16. The third kappa shape index (κ3) is 3.12. The van der Waals surface area contributed by atoms with Crippen molar-refractivity contribution in [2.75, 3.05) is 11.1 Å². The van der Waals surface area contributed by atoms with Crippen LogP contribution in [-0.4, -0.2) is 10.9 Å². The number of hydrogen-bond acceptors (Lipinski definition) is 3. The number of hydrogen-bond donors (Lipinski definition) is 2. The number of carbonyl (C=O) groups is 1. The summed E-state index contributed by atoms with van der Waals surface area (Å²) in [6.45, 7) is 3.59. The summed E-state index contributed by atoms with van der Waals surface area (Å²) in [5.74, 6) is -0.395. The van der Waals surface area contributed by atoms with E-state index in [4.69, 9.17) is 5.73 Å². The number of pyridine rings is 1. The monoisotopic (exact) mass is 273 g/mol. The van der Waals surface area contributed by atoms with Gasteiger partial charge >= 0.3 is 0 Å². The second-order valence-corrected chi connectivity index (χ2v) is 4.54. The number of benzene rings is 1. The number of amides is 1. The molecule has 2 rings (SSSR count). The van der Waals surface area contributed by atoms with Gasteiger partial charge in [-0.15, -0.1) is 0 Å². The molecule has 2 aromatic rings. The van der Waals surface area contributed by atoms with Crippen LogP contribution in [0.4, 0.5) is 15.9 Å². The van der Waals surface area contributed by atoms with Gasteiger partial charge < -0.3 is 11.1 Å². The summed E-state index contributed by atoms with van der Waals surface area (Å²) >= 11 is 0. The summed E-state index contributed by atoms with van der Waals surface area (Å²) in [5.41, 5.74) is 7.75. The van der Waals surface area contributed by atoms with Crippen molar-refractivity contribution < 1.29 is 9.18 Å². The van der Waals surface area contributed by atoms with Crippen LogP contribution in [0.1, 0.15) is 28.5 Å². The number of nitrogens with two attached hydrogens (primary N) is 1. The molecule has 0 atom stereocenters. The topological polar surface area (TPSA) is 68.0 Å². The standard InChI is InChI=1S/C15H16FN3O/c1-3-11-6-10(7-14(17)18-11)15(20)19-12-5-4-9(2)13(16)8-12/h4-8H,3H2,1-2H3,(H2,17,18)(H,19,20). The van der Waals surface area contributed by atoms with Gasteiger partial charge in [-0.25, -0.2) is 9.37 Å². The van der Waals surface area contributed by atoms with E-state index in [2.05, 4.69) is 10.3 Å². The molecular weight excluding hydrogens is 257 g/mol. The zero-order valence-electron chi connectivity index (χ0n) is 11.4.